The highest BCUT2D eigenvalue weighted by atomic mass is 35.5. The van der Waals surface area contributed by atoms with Gasteiger partial charge in [0.15, 0.2) is 0 Å². The molecule has 1 N–H and O–H groups in total. The minimum Gasteiger partial charge on any atom is -0.342 e. The van der Waals surface area contributed by atoms with Crippen molar-refractivity contribution in [2.45, 2.75) is 33.1 Å². The van der Waals surface area contributed by atoms with Crippen molar-refractivity contribution in [3.05, 3.63) is 29.3 Å². The molecule has 1 rings (SSSR count). The Morgan fingerprint density at radius 1 is 1.20 bits per heavy atom. The largest absolute Gasteiger partial charge is 0.342 e. The number of carbonyl (C=O) groups is 2. The summed E-state index contributed by atoms with van der Waals surface area (Å²) in [7, 11) is 0. The second-order valence-corrected chi connectivity index (χ2v) is 5.10. The molecule has 0 aliphatic heterocycles. The zero-order valence-electron chi connectivity index (χ0n) is 12.0. The number of hydrogen-bond acceptors (Lipinski definition) is 2. The van der Waals surface area contributed by atoms with Crippen molar-refractivity contribution in [1.29, 1.82) is 0 Å². The van der Waals surface area contributed by atoms with Gasteiger partial charge in [0.25, 0.3) is 0 Å². The third-order valence-corrected chi connectivity index (χ3v) is 3.22. The molecule has 1 aromatic carbocycles. The molecule has 0 fully saturated rings. The third kappa shape index (κ3) is 6.06. The van der Waals surface area contributed by atoms with Crippen LogP contribution >= 0.6 is 11.6 Å². The monoisotopic (exact) mass is 296 g/mol. The number of hydrogen-bond donors (Lipinski definition) is 1. The van der Waals surface area contributed by atoms with Crippen LogP contribution in [-0.4, -0.2) is 29.8 Å². The lowest BCUT2D eigenvalue weighted by Crippen LogP contribution is -2.32. The number of unbranched alkanes of at least 4 members (excludes halogenated alkanes) is 1. The van der Waals surface area contributed by atoms with Gasteiger partial charge < -0.3 is 10.2 Å². The van der Waals surface area contributed by atoms with Crippen molar-refractivity contribution in [3.8, 4) is 0 Å². The molecule has 0 saturated carbocycles. The molecular formula is C15H21ClN2O2. The van der Waals surface area contributed by atoms with Gasteiger partial charge in [0, 0.05) is 37.1 Å². The van der Waals surface area contributed by atoms with Crippen LogP contribution in [0.25, 0.3) is 0 Å². The molecule has 0 unspecified atom stereocenters. The van der Waals surface area contributed by atoms with Crippen LogP contribution in [0, 0.1) is 0 Å². The lowest BCUT2D eigenvalue weighted by atomic mass is 10.2. The summed E-state index contributed by atoms with van der Waals surface area (Å²) in [4.78, 5) is 25.0. The first-order valence-corrected chi connectivity index (χ1v) is 7.21. The Bertz CT molecular complexity index is 446. The fraction of sp³-hybridized carbons (Fsp3) is 0.467. The Hall–Kier alpha value is -1.55. The maximum atomic E-state index is 11.8. The van der Waals surface area contributed by atoms with Crippen molar-refractivity contribution < 1.29 is 9.59 Å². The van der Waals surface area contributed by atoms with Crippen LogP contribution in [0.5, 0.6) is 0 Å². The minimum absolute atomic E-state index is 0.0118. The molecule has 110 valence electrons. The Labute approximate surface area is 125 Å². The maximum absolute atomic E-state index is 11.8. The Morgan fingerprint density at radius 3 is 2.40 bits per heavy atom. The molecule has 0 saturated heterocycles. The van der Waals surface area contributed by atoms with E-state index in [1.165, 1.54) is 6.92 Å². The number of nitrogens with zero attached hydrogens (tertiary/aromatic N) is 1. The normalized spacial score (nSPS) is 10.2. The quantitative estimate of drug-likeness (QED) is 0.839. The minimum atomic E-state index is -0.102. The average molecular weight is 297 g/mol. The van der Waals surface area contributed by atoms with E-state index in [4.69, 9.17) is 11.6 Å². The lowest BCUT2D eigenvalue weighted by molar-refractivity contribution is -0.129. The lowest BCUT2D eigenvalue weighted by Gasteiger charge is -2.20. The SMILES string of the molecule is CCCCN(CCC(=O)Nc1ccc(Cl)cc1)C(C)=O. The Kier molecular flexibility index (Phi) is 7.09. The van der Waals surface area contributed by atoms with Gasteiger partial charge in [-0.1, -0.05) is 24.9 Å². The van der Waals surface area contributed by atoms with E-state index in [1.807, 2.05) is 0 Å². The van der Waals surface area contributed by atoms with Gasteiger partial charge >= 0.3 is 0 Å². The number of amides is 2. The predicted octanol–water partition coefficient (Wildman–Crippen LogP) is 3.32. The van der Waals surface area contributed by atoms with E-state index in [9.17, 15) is 9.59 Å². The third-order valence-electron chi connectivity index (χ3n) is 2.96. The summed E-state index contributed by atoms with van der Waals surface area (Å²) in [6.45, 7) is 4.77. The van der Waals surface area contributed by atoms with E-state index in [1.54, 1.807) is 29.2 Å². The number of carbonyl (C=O) groups excluding carboxylic acids is 2. The Morgan fingerprint density at radius 2 is 1.85 bits per heavy atom. The topological polar surface area (TPSA) is 49.4 Å². The number of benzene rings is 1. The van der Waals surface area contributed by atoms with Crippen molar-refractivity contribution >= 4 is 29.1 Å². The zero-order valence-corrected chi connectivity index (χ0v) is 12.7. The highest BCUT2D eigenvalue weighted by molar-refractivity contribution is 6.30. The second-order valence-electron chi connectivity index (χ2n) is 4.66. The van der Waals surface area contributed by atoms with Crippen LogP contribution in [0.2, 0.25) is 5.02 Å². The number of rotatable bonds is 7. The van der Waals surface area contributed by atoms with Gasteiger partial charge in [-0.25, -0.2) is 0 Å². The zero-order chi connectivity index (χ0) is 15.0. The highest BCUT2D eigenvalue weighted by Crippen LogP contribution is 2.13. The van der Waals surface area contributed by atoms with Gasteiger partial charge in [-0.3, -0.25) is 9.59 Å². The molecule has 0 bridgehead atoms. The van der Waals surface area contributed by atoms with E-state index in [0.717, 1.165) is 12.8 Å². The second kappa shape index (κ2) is 8.59. The first kappa shape index (κ1) is 16.5. The molecule has 5 heteroatoms. The summed E-state index contributed by atoms with van der Waals surface area (Å²) in [6, 6.07) is 6.95. The van der Waals surface area contributed by atoms with Crippen LogP contribution in [0.4, 0.5) is 5.69 Å². The molecule has 0 radical (unpaired) electrons. The van der Waals surface area contributed by atoms with Crippen LogP contribution < -0.4 is 5.32 Å². The first-order valence-electron chi connectivity index (χ1n) is 6.84. The van der Waals surface area contributed by atoms with Crippen molar-refractivity contribution in [2.75, 3.05) is 18.4 Å². The van der Waals surface area contributed by atoms with Gasteiger partial charge in [0.05, 0.1) is 0 Å². The number of halogens is 1. The van der Waals surface area contributed by atoms with E-state index >= 15 is 0 Å². The molecular weight excluding hydrogens is 276 g/mol. The molecule has 0 aliphatic carbocycles. The van der Waals surface area contributed by atoms with E-state index < -0.39 is 0 Å². The fourth-order valence-electron chi connectivity index (χ4n) is 1.77. The van der Waals surface area contributed by atoms with E-state index in [-0.39, 0.29) is 11.8 Å². The maximum Gasteiger partial charge on any atom is 0.226 e. The molecule has 0 spiro atoms. The summed E-state index contributed by atoms with van der Waals surface area (Å²) in [5.74, 6) is -0.0900. The smallest absolute Gasteiger partial charge is 0.226 e. The summed E-state index contributed by atoms with van der Waals surface area (Å²) >= 11 is 5.78. The van der Waals surface area contributed by atoms with Gasteiger partial charge in [0.1, 0.15) is 0 Å². The molecule has 0 atom stereocenters. The standard InChI is InChI=1S/C15H21ClN2O2/c1-3-4-10-18(12(2)19)11-9-15(20)17-14-7-5-13(16)6-8-14/h5-8H,3-4,9-11H2,1-2H3,(H,17,20). The molecule has 2 amide bonds. The fourth-order valence-corrected chi connectivity index (χ4v) is 1.89. The van der Waals surface area contributed by atoms with Crippen LogP contribution in [-0.2, 0) is 9.59 Å². The average Bonchev–Trinajstić information content (AvgIpc) is 2.41. The summed E-state index contributed by atoms with van der Waals surface area (Å²) in [5.41, 5.74) is 0.710. The summed E-state index contributed by atoms with van der Waals surface area (Å²) < 4.78 is 0. The molecule has 20 heavy (non-hydrogen) atoms. The van der Waals surface area contributed by atoms with Gasteiger partial charge in [-0.05, 0) is 30.7 Å². The molecule has 0 aromatic heterocycles. The van der Waals surface area contributed by atoms with Gasteiger partial charge in [-0.15, -0.1) is 0 Å². The molecule has 0 aliphatic rings. The van der Waals surface area contributed by atoms with Crippen LogP contribution in [0.1, 0.15) is 33.1 Å². The first-order chi connectivity index (χ1) is 9.52. The molecule has 1 aromatic rings. The predicted molar refractivity (Wildman–Crippen MR) is 81.9 cm³/mol. The number of nitrogens with one attached hydrogen (secondary N) is 1. The van der Waals surface area contributed by atoms with Gasteiger partial charge in [-0.2, -0.15) is 0 Å². The summed E-state index contributed by atoms with van der Waals surface area (Å²) in [5, 5.41) is 3.41. The van der Waals surface area contributed by atoms with Crippen molar-refractivity contribution in [1.82, 2.24) is 4.90 Å². The van der Waals surface area contributed by atoms with E-state index in [2.05, 4.69) is 12.2 Å². The van der Waals surface area contributed by atoms with Gasteiger partial charge in [0.2, 0.25) is 11.8 Å². The van der Waals surface area contributed by atoms with Crippen molar-refractivity contribution in [3.63, 3.8) is 0 Å². The van der Waals surface area contributed by atoms with E-state index in [0.29, 0.717) is 30.2 Å². The Balaban J connectivity index is 2.41. The molecule has 0 heterocycles. The highest BCUT2D eigenvalue weighted by Gasteiger charge is 2.10. The summed E-state index contributed by atoms with van der Waals surface area (Å²) in [6.07, 6.45) is 2.28. The number of anilines is 1. The van der Waals surface area contributed by atoms with Crippen LogP contribution in [0.15, 0.2) is 24.3 Å². The molecule has 4 nitrogen and oxygen atoms in total. The van der Waals surface area contributed by atoms with Crippen molar-refractivity contribution in [2.24, 2.45) is 0 Å². The van der Waals surface area contributed by atoms with Crippen LogP contribution in [0.3, 0.4) is 0 Å².